The number of imidazole rings is 1. The van der Waals surface area contributed by atoms with Gasteiger partial charge in [0.1, 0.15) is 11.8 Å². The molecule has 2 aromatic rings. The zero-order chi connectivity index (χ0) is 14.7. The molecule has 0 saturated carbocycles. The zero-order valence-corrected chi connectivity index (χ0v) is 12.2. The highest BCUT2D eigenvalue weighted by Gasteiger charge is 2.32. The topological polar surface area (TPSA) is 84.9 Å². The highest BCUT2D eigenvalue weighted by atomic mass is 16.7. The Morgan fingerprint density at radius 2 is 2.14 bits per heavy atom. The lowest BCUT2D eigenvalue weighted by Gasteiger charge is -2.34. The molecule has 3 rings (SSSR count). The standard InChI is InChI=1S/C14H19N5O2/c1-20-14(21-2)5-3-4-10(6-14)7-15-12-11-13(17-8-16-11)19-9-18-12/h4,8-9H,3,5-7H2,1-2H3,(H2,15,16,17,18,19). The van der Waals surface area contributed by atoms with Crippen molar-refractivity contribution in [1.82, 2.24) is 19.9 Å². The Morgan fingerprint density at radius 1 is 1.29 bits per heavy atom. The number of H-pyrrole nitrogens is 1. The van der Waals surface area contributed by atoms with Crippen LogP contribution in [0.25, 0.3) is 11.2 Å². The van der Waals surface area contributed by atoms with Crippen LogP contribution in [0.4, 0.5) is 5.82 Å². The quantitative estimate of drug-likeness (QED) is 0.645. The number of ether oxygens (including phenoxy) is 2. The molecule has 1 aliphatic carbocycles. The van der Waals surface area contributed by atoms with Crippen LogP contribution in [0, 0.1) is 0 Å². The molecular weight excluding hydrogens is 270 g/mol. The molecule has 0 amide bonds. The predicted molar refractivity (Wildman–Crippen MR) is 78.9 cm³/mol. The number of allylic oxidation sites excluding steroid dienone is 1. The number of hydrogen-bond donors (Lipinski definition) is 2. The number of anilines is 1. The van der Waals surface area contributed by atoms with Gasteiger partial charge in [-0.25, -0.2) is 15.0 Å². The molecule has 21 heavy (non-hydrogen) atoms. The van der Waals surface area contributed by atoms with E-state index in [0.717, 1.165) is 30.6 Å². The Morgan fingerprint density at radius 3 is 2.95 bits per heavy atom. The molecule has 0 saturated heterocycles. The Labute approximate surface area is 122 Å². The largest absolute Gasteiger partial charge is 0.364 e. The first-order valence-corrected chi connectivity index (χ1v) is 6.92. The van der Waals surface area contributed by atoms with Gasteiger partial charge < -0.3 is 19.8 Å². The van der Waals surface area contributed by atoms with Crippen molar-refractivity contribution in [1.29, 1.82) is 0 Å². The van der Waals surface area contributed by atoms with E-state index in [-0.39, 0.29) is 0 Å². The third-order valence-corrected chi connectivity index (χ3v) is 3.90. The Hall–Kier alpha value is -1.99. The van der Waals surface area contributed by atoms with Crippen LogP contribution in [0.3, 0.4) is 0 Å². The maximum atomic E-state index is 5.54. The summed E-state index contributed by atoms with van der Waals surface area (Å²) in [6.07, 6.45) is 7.93. The Bertz CT molecular complexity index is 648. The summed E-state index contributed by atoms with van der Waals surface area (Å²) in [6.45, 7) is 0.694. The van der Waals surface area contributed by atoms with Gasteiger partial charge in [0.25, 0.3) is 0 Å². The van der Waals surface area contributed by atoms with Crippen LogP contribution in [0.1, 0.15) is 19.3 Å². The minimum atomic E-state index is -0.499. The number of rotatable bonds is 5. The van der Waals surface area contributed by atoms with Crippen molar-refractivity contribution in [3.05, 3.63) is 24.3 Å². The van der Waals surface area contributed by atoms with Crippen molar-refractivity contribution in [3.63, 3.8) is 0 Å². The fourth-order valence-corrected chi connectivity index (χ4v) is 2.67. The maximum Gasteiger partial charge on any atom is 0.182 e. The SMILES string of the molecule is COC1(OC)CCC=C(CNc2ncnc3nc[nH]c23)C1. The van der Waals surface area contributed by atoms with E-state index in [9.17, 15) is 0 Å². The molecule has 7 nitrogen and oxygen atoms in total. The predicted octanol–water partition coefficient (Wildman–Crippen LogP) is 1.86. The van der Waals surface area contributed by atoms with Gasteiger partial charge in [-0.3, -0.25) is 0 Å². The van der Waals surface area contributed by atoms with Crippen LogP contribution in [-0.2, 0) is 9.47 Å². The monoisotopic (exact) mass is 289 g/mol. The van der Waals surface area contributed by atoms with E-state index in [1.807, 2.05) is 0 Å². The van der Waals surface area contributed by atoms with Crippen LogP contribution >= 0.6 is 0 Å². The zero-order valence-electron chi connectivity index (χ0n) is 12.2. The summed E-state index contributed by atoms with van der Waals surface area (Å²) in [4.78, 5) is 15.5. The molecule has 0 aromatic carbocycles. The number of fused-ring (bicyclic) bond motifs is 1. The first kappa shape index (κ1) is 14.0. The molecule has 0 atom stereocenters. The number of aromatic nitrogens is 4. The van der Waals surface area contributed by atoms with Gasteiger partial charge in [0, 0.05) is 33.6 Å². The molecule has 2 heterocycles. The van der Waals surface area contributed by atoms with Crippen LogP contribution in [0.2, 0.25) is 0 Å². The van der Waals surface area contributed by atoms with Crippen LogP contribution in [-0.4, -0.2) is 46.5 Å². The second-order valence-electron chi connectivity index (χ2n) is 5.07. The molecule has 0 bridgehead atoms. The number of nitrogens with zero attached hydrogens (tertiary/aromatic N) is 3. The van der Waals surface area contributed by atoms with Crippen molar-refractivity contribution in [2.45, 2.75) is 25.0 Å². The number of aromatic amines is 1. The van der Waals surface area contributed by atoms with E-state index >= 15 is 0 Å². The molecule has 7 heteroatoms. The number of hydrogen-bond acceptors (Lipinski definition) is 6. The summed E-state index contributed by atoms with van der Waals surface area (Å²) in [5.74, 6) is 0.255. The van der Waals surface area contributed by atoms with Crippen LogP contribution < -0.4 is 5.32 Å². The van der Waals surface area contributed by atoms with Crippen LogP contribution in [0.5, 0.6) is 0 Å². The molecule has 0 aliphatic heterocycles. The van der Waals surface area contributed by atoms with Gasteiger partial charge in [-0.05, 0) is 12.0 Å². The van der Waals surface area contributed by atoms with E-state index in [0.29, 0.717) is 12.2 Å². The van der Waals surface area contributed by atoms with Gasteiger partial charge in [-0.2, -0.15) is 0 Å². The molecule has 0 spiro atoms. The van der Waals surface area contributed by atoms with Crippen molar-refractivity contribution >= 4 is 17.0 Å². The molecular formula is C14H19N5O2. The lowest BCUT2D eigenvalue weighted by atomic mass is 9.93. The van der Waals surface area contributed by atoms with Gasteiger partial charge >= 0.3 is 0 Å². The second kappa shape index (κ2) is 5.79. The summed E-state index contributed by atoms with van der Waals surface area (Å²) in [6, 6.07) is 0. The van der Waals surface area contributed by atoms with Gasteiger partial charge in [-0.1, -0.05) is 6.08 Å². The van der Waals surface area contributed by atoms with Crippen molar-refractivity contribution in [2.75, 3.05) is 26.1 Å². The molecule has 0 fully saturated rings. The smallest absolute Gasteiger partial charge is 0.182 e. The Kier molecular flexibility index (Phi) is 3.85. The van der Waals surface area contributed by atoms with E-state index in [4.69, 9.17) is 9.47 Å². The third kappa shape index (κ3) is 2.74. The van der Waals surface area contributed by atoms with Gasteiger partial charge in [0.15, 0.2) is 17.3 Å². The molecule has 0 unspecified atom stereocenters. The van der Waals surface area contributed by atoms with E-state index in [1.165, 1.54) is 11.9 Å². The molecule has 1 aliphatic rings. The van der Waals surface area contributed by atoms with E-state index in [1.54, 1.807) is 20.5 Å². The first-order valence-electron chi connectivity index (χ1n) is 6.92. The molecule has 112 valence electrons. The fourth-order valence-electron chi connectivity index (χ4n) is 2.67. The normalized spacial score (nSPS) is 17.7. The van der Waals surface area contributed by atoms with Crippen molar-refractivity contribution in [2.24, 2.45) is 0 Å². The second-order valence-corrected chi connectivity index (χ2v) is 5.07. The van der Waals surface area contributed by atoms with Crippen LogP contribution in [0.15, 0.2) is 24.3 Å². The third-order valence-electron chi connectivity index (χ3n) is 3.90. The minimum Gasteiger partial charge on any atom is -0.364 e. The van der Waals surface area contributed by atoms with E-state index < -0.39 is 5.79 Å². The summed E-state index contributed by atoms with van der Waals surface area (Å²) in [7, 11) is 3.39. The van der Waals surface area contributed by atoms with Gasteiger partial charge in [-0.15, -0.1) is 0 Å². The number of methoxy groups -OCH3 is 2. The Balaban J connectivity index is 1.70. The van der Waals surface area contributed by atoms with Crippen molar-refractivity contribution < 1.29 is 9.47 Å². The fraction of sp³-hybridized carbons (Fsp3) is 0.500. The first-order chi connectivity index (χ1) is 10.3. The molecule has 0 radical (unpaired) electrons. The summed E-state index contributed by atoms with van der Waals surface area (Å²) < 4.78 is 11.1. The summed E-state index contributed by atoms with van der Waals surface area (Å²) in [5, 5.41) is 3.33. The molecule has 2 N–H and O–H groups in total. The summed E-state index contributed by atoms with van der Waals surface area (Å²) in [5.41, 5.74) is 2.73. The van der Waals surface area contributed by atoms with Gasteiger partial charge in [0.05, 0.1) is 6.33 Å². The lowest BCUT2D eigenvalue weighted by molar-refractivity contribution is -0.211. The van der Waals surface area contributed by atoms with E-state index in [2.05, 4.69) is 31.3 Å². The lowest BCUT2D eigenvalue weighted by Crippen LogP contribution is -2.36. The molecule has 2 aromatic heterocycles. The number of nitrogens with one attached hydrogen (secondary N) is 2. The van der Waals surface area contributed by atoms with Gasteiger partial charge in [0.2, 0.25) is 0 Å². The maximum absolute atomic E-state index is 5.54. The summed E-state index contributed by atoms with van der Waals surface area (Å²) >= 11 is 0. The average Bonchev–Trinajstić information content (AvgIpc) is 3.02. The highest BCUT2D eigenvalue weighted by molar-refractivity contribution is 5.81. The minimum absolute atomic E-state index is 0.499. The van der Waals surface area contributed by atoms with Crippen molar-refractivity contribution in [3.8, 4) is 0 Å². The average molecular weight is 289 g/mol. The highest BCUT2D eigenvalue weighted by Crippen LogP contribution is 2.32.